The molecule has 1 aromatic heterocycles. The van der Waals surface area contributed by atoms with E-state index in [0.29, 0.717) is 13.2 Å². The molecule has 1 saturated heterocycles. The second kappa shape index (κ2) is 8.72. The first-order chi connectivity index (χ1) is 11.9. The smallest absolute Gasteiger partial charge is 0.336 e. The highest BCUT2D eigenvalue weighted by Crippen LogP contribution is 2.25. The van der Waals surface area contributed by atoms with Gasteiger partial charge in [-0.15, -0.1) is 11.3 Å². The third-order valence-corrected chi connectivity index (χ3v) is 6.98. The number of thiophene rings is 1. The van der Waals surface area contributed by atoms with E-state index in [1.165, 1.54) is 16.8 Å². The van der Waals surface area contributed by atoms with Gasteiger partial charge in [-0.1, -0.05) is 0 Å². The summed E-state index contributed by atoms with van der Waals surface area (Å²) in [6, 6.07) is 1.16. The van der Waals surface area contributed by atoms with Gasteiger partial charge in [-0.3, -0.25) is 4.79 Å². The van der Waals surface area contributed by atoms with E-state index in [-0.39, 0.29) is 48.5 Å². The lowest BCUT2D eigenvalue weighted by Gasteiger charge is -2.33. The maximum atomic E-state index is 12.5. The van der Waals surface area contributed by atoms with E-state index in [9.17, 15) is 18.0 Å². The minimum atomic E-state index is -3.75. The Balaban J connectivity index is 1.90. The van der Waals surface area contributed by atoms with Crippen molar-refractivity contribution in [3.05, 3.63) is 17.0 Å². The molecule has 1 aliphatic heterocycles. The fourth-order valence-electron chi connectivity index (χ4n) is 2.26. The molecule has 1 fully saturated rings. The molecule has 0 bridgehead atoms. The van der Waals surface area contributed by atoms with Gasteiger partial charge in [0, 0.05) is 38.7 Å². The number of carboxylic acids is 1. The van der Waals surface area contributed by atoms with Crippen LogP contribution in [0.15, 0.2) is 15.7 Å². The molecule has 0 saturated carbocycles. The maximum Gasteiger partial charge on any atom is 0.336 e. The molecule has 11 heteroatoms. The Hall–Kier alpha value is -1.53. The minimum Gasteiger partial charge on any atom is -0.478 e. The van der Waals surface area contributed by atoms with Gasteiger partial charge >= 0.3 is 5.97 Å². The quantitative estimate of drug-likeness (QED) is 0.617. The lowest BCUT2D eigenvalue weighted by atomic mass is 10.3. The number of ether oxygens (including phenoxy) is 2. The van der Waals surface area contributed by atoms with Crippen LogP contribution < -0.4 is 0 Å². The van der Waals surface area contributed by atoms with Crippen LogP contribution in [0.1, 0.15) is 10.4 Å². The summed E-state index contributed by atoms with van der Waals surface area (Å²) < 4.78 is 36.3. The lowest BCUT2D eigenvalue weighted by Crippen LogP contribution is -2.51. The molecule has 0 atom stereocenters. The van der Waals surface area contributed by atoms with E-state index >= 15 is 0 Å². The molecule has 0 radical (unpaired) electrons. The van der Waals surface area contributed by atoms with Gasteiger partial charge in [0.15, 0.2) is 0 Å². The zero-order valence-corrected chi connectivity index (χ0v) is 15.3. The van der Waals surface area contributed by atoms with Crippen molar-refractivity contribution in [3.63, 3.8) is 0 Å². The van der Waals surface area contributed by atoms with Gasteiger partial charge in [0.25, 0.3) is 10.0 Å². The van der Waals surface area contributed by atoms with E-state index in [4.69, 9.17) is 14.6 Å². The molecule has 0 spiro atoms. The fraction of sp³-hybridized carbons (Fsp3) is 0.571. The first-order valence-corrected chi connectivity index (χ1v) is 9.84. The topological polar surface area (TPSA) is 113 Å². The van der Waals surface area contributed by atoms with Crippen LogP contribution in [-0.4, -0.2) is 87.7 Å². The molecule has 1 aromatic rings. The molecule has 1 amide bonds. The maximum absolute atomic E-state index is 12.5. The van der Waals surface area contributed by atoms with Crippen molar-refractivity contribution in [3.8, 4) is 0 Å². The molecule has 1 aliphatic rings. The van der Waals surface area contributed by atoms with Crippen LogP contribution in [-0.2, 0) is 24.3 Å². The number of amides is 1. The van der Waals surface area contributed by atoms with E-state index in [2.05, 4.69) is 0 Å². The number of methoxy groups -OCH3 is 1. The number of hydrogen-bond acceptors (Lipinski definition) is 7. The van der Waals surface area contributed by atoms with Gasteiger partial charge in [-0.05, 0) is 6.07 Å². The van der Waals surface area contributed by atoms with Crippen LogP contribution in [0.2, 0.25) is 0 Å². The third kappa shape index (κ3) is 4.98. The average molecular weight is 392 g/mol. The summed E-state index contributed by atoms with van der Waals surface area (Å²) in [7, 11) is -2.21. The Morgan fingerprint density at radius 3 is 2.48 bits per heavy atom. The molecule has 0 unspecified atom stereocenters. The largest absolute Gasteiger partial charge is 0.478 e. The normalized spacial score (nSPS) is 16.1. The van der Waals surface area contributed by atoms with E-state index in [0.717, 1.165) is 17.4 Å². The minimum absolute atomic E-state index is 0.00687. The molecule has 2 heterocycles. The second-order valence-electron chi connectivity index (χ2n) is 5.29. The molecular weight excluding hydrogens is 372 g/mol. The number of hydrogen-bond donors (Lipinski definition) is 1. The van der Waals surface area contributed by atoms with Gasteiger partial charge in [0.2, 0.25) is 5.91 Å². The Morgan fingerprint density at radius 2 is 1.92 bits per heavy atom. The van der Waals surface area contributed by atoms with Crippen molar-refractivity contribution in [2.45, 2.75) is 4.21 Å². The van der Waals surface area contributed by atoms with Gasteiger partial charge < -0.3 is 19.5 Å². The van der Waals surface area contributed by atoms with Crippen molar-refractivity contribution in [2.75, 3.05) is 53.1 Å². The fourth-order valence-corrected chi connectivity index (χ4v) is 4.99. The van der Waals surface area contributed by atoms with Crippen LogP contribution in [0.5, 0.6) is 0 Å². The van der Waals surface area contributed by atoms with Crippen molar-refractivity contribution >= 4 is 33.2 Å². The standard InChI is InChI=1S/C14H20N2O7S2/c1-22-6-7-23-9-12(17)15-2-4-16(5-3-15)25(20,21)13-8-11(10-24-13)14(18)19/h8,10H,2-7,9H2,1H3,(H,18,19). The number of carbonyl (C=O) groups excluding carboxylic acids is 1. The van der Waals surface area contributed by atoms with Crippen LogP contribution in [0.25, 0.3) is 0 Å². The number of sulfonamides is 1. The van der Waals surface area contributed by atoms with Gasteiger partial charge in [-0.2, -0.15) is 4.31 Å². The van der Waals surface area contributed by atoms with Crippen LogP contribution in [0.4, 0.5) is 0 Å². The van der Waals surface area contributed by atoms with Crippen molar-refractivity contribution in [1.29, 1.82) is 0 Å². The van der Waals surface area contributed by atoms with Crippen molar-refractivity contribution in [2.24, 2.45) is 0 Å². The summed E-state index contributed by atoms with van der Waals surface area (Å²) in [5, 5.41) is 10.2. The summed E-state index contributed by atoms with van der Waals surface area (Å²) in [5.74, 6) is -1.36. The number of carbonyl (C=O) groups is 2. The van der Waals surface area contributed by atoms with Gasteiger partial charge in [0.05, 0.1) is 18.8 Å². The Bertz CT molecular complexity index is 709. The summed E-state index contributed by atoms with van der Waals surface area (Å²) in [6.07, 6.45) is 0. The van der Waals surface area contributed by atoms with Crippen molar-refractivity contribution < 1.29 is 32.6 Å². The number of nitrogens with zero attached hydrogens (tertiary/aromatic N) is 2. The second-order valence-corrected chi connectivity index (χ2v) is 8.37. The molecule has 9 nitrogen and oxygen atoms in total. The zero-order chi connectivity index (χ0) is 18.4. The molecular formula is C14H20N2O7S2. The number of carboxylic acid groups (broad SMARTS) is 1. The number of rotatable bonds is 8. The number of piperazine rings is 1. The average Bonchev–Trinajstić information content (AvgIpc) is 3.10. The van der Waals surface area contributed by atoms with E-state index < -0.39 is 16.0 Å². The highest BCUT2D eigenvalue weighted by molar-refractivity contribution is 7.91. The summed E-state index contributed by atoms with van der Waals surface area (Å²) >= 11 is 0.878. The summed E-state index contributed by atoms with van der Waals surface area (Å²) in [4.78, 5) is 24.4. The SMILES string of the molecule is COCCOCC(=O)N1CCN(S(=O)(=O)c2cc(C(=O)O)cs2)CC1. The summed E-state index contributed by atoms with van der Waals surface area (Å²) in [6.45, 7) is 1.51. The molecule has 1 N–H and O–H groups in total. The van der Waals surface area contributed by atoms with E-state index in [1.54, 1.807) is 4.90 Å². The number of aromatic carboxylic acids is 1. The van der Waals surface area contributed by atoms with Crippen LogP contribution in [0.3, 0.4) is 0 Å². The highest BCUT2D eigenvalue weighted by Gasteiger charge is 2.31. The Labute approximate surface area is 149 Å². The monoisotopic (exact) mass is 392 g/mol. The molecule has 140 valence electrons. The Morgan fingerprint density at radius 1 is 1.24 bits per heavy atom. The summed E-state index contributed by atoms with van der Waals surface area (Å²) in [5.41, 5.74) is -0.0504. The highest BCUT2D eigenvalue weighted by atomic mass is 32.2. The predicted molar refractivity (Wildman–Crippen MR) is 89.3 cm³/mol. The zero-order valence-electron chi connectivity index (χ0n) is 13.7. The first kappa shape index (κ1) is 19.8. The first-order valence-electron chi connectivity index (χ1n) is 7.52. The predicted octanol–water partition coefficient (Wildman–Crippen LogP) is -0.0578. The van der Waals surface area contributed by atoms with Crippen molar-refractivity contribution in [1.82, 2.24) is 9.21 Å². The molecule has 0 aromatic carbocycles. The van der Waals surface area contributed by atoms with Crippen LogP contribution in [0, 0.1) is 0 Å². The Kier molecular flexibility index (Phi) is 6.90. The van der Waals surface area contributed by atoms with Gasteiger partial charge in [0.1, 0.15) is 10.8 Å². The van der Waals surface area contributed by atoms with E-state index in [1.807, 2.05) is 0 Å². The molecule has 25 heavy (non-hydrogen) atoms. The molecule has 2 rings (SSSR count). The molecule has 0 aliphatic carbocycles. The third-order valence-electron chi connectivity index (χ3n) is 3.67. The van der Waals surface area contributed by atoms with Crippen LogP contribution >= 0.6 is 11.3 Å². The van der Waals surface area contributed by atoms with Gasteiger partial charge in [-0.25, -0.2) is 13.2 Å². The lowest BCUT2D eigenvalue weighted by molar-refractivity contribution is -0.137.